The predicted molar refractivity (Wildman–Crippen MR) is 35.9 cm³/mol. The molecule has 0 amide bonds. The number of hydrogen-bond donors (Lipinski definition) is 1. The number of halogens is 4. The van der Waals surface area contributed by atoms with E-state index in [-0.39, 0.29) is 5.02 Å². The fourth-order valence-corrected chi connectivity index (χ4v) is 0.731. The summed E-state index contributed by atoms with van der Waals surface area (Å²) in [5.74, 6) is -0.468. The zero-order valence-electron chi connectivity index (χ0n) is 5.56. The fraction of sp³-hybridized carbons (Fsp3) is 0.167. The van der Waals surface area contributed by atoms with E-state index in [2.05, 4.69) is 4.98 Å². The van der Waals surface area contributed by atoms with Gasteiger partial charge in [-0.3, -0.25) is 0 Å². The van der Waals surface area contributed by atoms with E-state index in [1.165, 1.54) is 0 Å². The van der Waals surface area contributed by atoms with Crippen LogP contribution >= 0.6 is 11.6 Å². The van der Waals surface area contributed by atoms with Crippen molar-refractivity contribution in [3.05, 3.63) is 23.0 Å². The van der Waals surface area contributed by atoms with Crippen LogP contribution in [0.5, 0.6) is 5.75 Å². The SMILES string of the molecule is Oc1cnc(C(F)(F)F)cc1Cl. The van der Waals surface area contributed by atoms with Crippen LogP contribution in [0.25, 0.3) is 0 Å². The first kappa shape index (κ1) is 9.12. The molecule has 2 nitrogen and oxygen atoms in total. The summed E-state index contributed by atoms with van der Waals surface area (Å²) in [5, 5.41) is 8.38. The zero-order valence-corrected chi connectivity index (χ0v) is 6.32. The summed E-state index contributed by atoms with van der Waals surface area (Å²) < 4.78 is 35.7. The van der Waals surface area contributed by atoms with E-state index in [9.17, 15) is 13.2 Å². The molecule has 1 aromatic rings. The molecule has 0 aliphatic rings. The van der Waals surface area contributed by atoms with E-state index < -0.39 is 17.6 Å². The summed E-state index contributed by atoms with van der Waals surface area (Å²) >= 11 is 5.23. The molecule has 1 heterocycles. The monoisotopic (exact) mass is 197 g/mol. The van der Waals surface area contributed by atoms with Gasteiger partial charge in [-0.1, -0.05) is 11.6 Å². The molecule has 0 radical (unpaired) electrons. The van der Waals surface area contributed by atoms with Crippen LogP contribution in [0.1, 0.15) is 5.69 Å². The minimum absolute atomic E-state index is 0.364. The van der Waals surface area contributed by atoms with Crippen molar-refractivity contribution < 1.29 is 18.3 Å². The number of hydrogen-bond acceptors (Lipinski definition) is 2. The molecule has 12 heavy (non-hydrogen) atoms. The number of alkyl halides is 3. The Bertz CT molecular complexity index is 299. The van der Waals surface area contributed by atoms with E-state index in [1.807, 2.05) is 0 Å². The molecule has 0 fully saturated rings. The average Bonchev–Trinajstić information content (AvgIpc) is 1.92. The van der Waals surface area contributed by atoms with Gasteiger partial charge in [0.1, 0.15) is 5.69 Å². The molecule has 6 heteroatoms. The number of aromatic hydroxyl groups is 1. The second-order valence-corrected chi connectivity index (χ2v) is 2.43. The number of pyridine rings is 1. The van der Waals surface area contributed by atoms with E-state index in [1.54, 1.807) is 0 Å². The molecule has 1 rings (SSSR count). The average molecular weight is 198 g/mol. The normalized spacial score (nSPS) is 11.7. The third kappa shape index (κ3) is 1.79. The van der Waals surface area contributed by atoms with Crippen LogP contribution in [0.3, 0.4) is 0 Å². The molecule has 0 atom stereocenters. The highest BCUT2D eigenvalue weighted by Gasteiger charge is 2.32. The lowest BCUT2D eigenvalue weighted by Crippen LogP contribution is -2.07. The molecule has 0 saturated carbocycles. The van der Waals surface area contributed by atoms with Gasteiger partial charge in [-0.15, -0.1) is 0 Å². The van der Waals surface area contributed by atoms with Crippen LogP contribution in [-0.4, -0.2) is 10.1 Å². The predicted octanol–water partition coefficient (Wildman–Crippen LogP) is 2.46. The van der Waals surface area contributed by atoms with Crippen LogP contribution in [-0.2, 0) is 6.18 Å². The van der Waals surface area contributed by atoms with Gasteiger partial charge >= 0.3 is 6.18 Å². The number of rotatable bonds is 0. The summed E-state index contributed by atoms with van der Waals surface area (Å²) in [4.78, 5) is 2.95. The third-order valence-electron chi connectivity index (χ3n) is 1.12. The van der Waals surface area contributed by atoms with Gasteiger partial charge in [-0.2, -0.15) is 13.2 Å². The highest BCUT2D eigenvalue weighted by molar-refractivity contribution is 6.31. The summed E-state index contributed by atoms with van der Waals surface area (Å²) in [6.45, 7) is 0. The molecule has 0 spiro atoms. The third-order valence-corrected chi connectivity index (χ3v) is 1.43. The van der Waals surface area contributed by atoms with Gasteiger partial charge in [0.15, 0.2) is 5.75 Å². The summed E-state index contributed by atoms with van der Waals surface area (Å²) in [6, 6.07) is 0.566. The molecule has 66 valence electrons. The van der Waals surface area contributed by atoms with Crippen molar-refractivity contribution in [3.63, 3.8) is 0 Å². The fourth-order valence-electron chi connectivity index (χ4n) is 0.579. The first-order valence-electron chi connectivity index (χ1n) is 2.83. The largest absolute Gasteiger partial charge is 0.505 e. The van der Waals surface area contributed by atoms with Gasteiger partial charge in [-0.05, 0) is 6.07 Å². The van der Waals surface area contributed by atoms with Gasteiger partial charge < -0.3 is 5.11 Å². The maximum absolute atomic E-state index is 11.9. The molecule has 0 bridgehead atoms. The van der Waals surface area contributed by atoms with Gasteiger partial charge in [-0.25, -0.2) is 4.98 Å². The highest BCUT2D eigenvalue weighted by atomic mass is 35.5. The number of nitrogens with zero attached hydrogens (tertiary/aromatic N) is 1. The Morgan fingerprint density at radius 3 is 2.42 bits per heavy atom. The minimum atomic E-state index is -4.53. The van der Waals surface area contributed by atoms with Crippen molar-refractivity contribution in [2.75, 3.05) is 0 Å². The van der Waals surface area contributed by atoms with Crippen LogP contribution in [0.2, 0.25) is 5.02 Å². The Morgan fingerprint density at radius 1 is 1.42 bits per heavy atom. The second kappa shape index (κ2) is 2.82. The first-order chi connectivity index (χ1) is 5.41. The second-order valence-electron chi connectivity index (χ2n) is 2.02. The van der Waals surface area contributed by atoms with Crippen molar-refractivity contribution >= 4 is 11.6 Å². The van der Waals surface area contributed by atoms with Crippen molar-refractivity contribution in [3.8, 4) is 5.75 Å². The van der Waals surface area contributed by atoms with Crippen molar-refractivity contribution in [1.29, 1.82) is 0 Å². The Balaban J connectivity index is 3.14. The molecular formula is C6H3ClF3NO. The van der Waals surface area contributed by atoms with Gasteiger partial charge in [0.25, 0.3) is 0 Å². The van der Waals surface area contributed by atoms with Gasteiger partial charge in [0, 0.05) is 0 Å². The maximum atomic E-state index is 11.9. The quantitative estimate of drug-likeness (QED) is 0.693. The molecule has 0 unspecified atom stereocenters. The summed E-state index contributed by atoms with van der Waals surface area (Å²) in [6.07, 6.45) is -3.87. The molecular weight excluding hydrogens is 195 g/mol. The molecule has 0 saturated heterocycles. The Kier molecular flexibility index (Phi) is 2.14. The standard InChI is InChI=1S/C6H3ClF3NO/c7-3-1-5(6(8,9)10)11-2-4(3)12/h1-2,12H. The van der Waals surface area contributed by atoms with Crippen LogP contribution in [0.15, 0.2) is 12.3 Å². The van der Waals surface area contributed by atoms with E-state index >= 15 is 0 Å². The highest BCUT2D eigenvalue weighted by Crippen LogP contribution is 2.31. The topological polar surface area (TPSA) is 33.1 Å². The smallest absolute Gasteiger partial charge is 0.433 e. The molecule has 1 N–H and O–H groups in total. The number of aromatic nitrogens is 1. The van der Waals surface area contributed by atoms with E-state index in [0.29, 0.717) is 12.3 Å². The molecule has 0 aliphatic carbocycles. The summed E-state index contributed by atoms with van der Waals surface area (Å²) in [7, 11) is 0. The van der Waals surface area contributed by atoms with E-state index in [0.717, 1.165) is 0 Å². The maximum Gasteiger partial charge on any atom is 0.433 e. The molecule has 0 aromatic carbocycles. The van der Waals surface area contributed by atoms with Gasteiger partial charge in [0.2, 0.25) is 0 Å². The van der Waals surface area contributed by atoms with Crippen molar-refractivity contribution in [2.24, 2.45) is 0 Å². The molecule has 0 aliphatic heterocycles. The van der Waals surface area contributed by atoms with Gasteiger partial charge in [0.05, 0.1) is 11.2 Å². The van der Waals surface area contributed by atoms with Crippen LogP contribution in [0, 0.1) is 0 Å². The lowest BCUT2D eigenvalue weighted by atomic mass is 10.3. The Morgan fingerprint density at radius 2 is 2.00 bits per heavy atom. The Hall–Kier alpha value is -0.970. The first-order valence-corrected chi connectivity index (χ1v) is 3.21. The van der Waals surface area contributed by atoms with Crippen molar-refractivity contribution in [2.45, 2.75) is 6.18 Å². The van der Waals surface area contributed by atoms with Crippen LogP contribution < -0.4 is 0 Å². The lowest BCUT2D eigenvalue weighted by molar-refractivity contribution is -0.141. The lowest BCUT2D eigenvalue weighted by Gasteiger charge is -2.05. The van der Waals surface area contributed by atoms with E-state index in [4.69, 9.17) is 16.7 Å². The molecule has 1 aromatic heterocycles. The van der Waals surface area contributed by atoms with Crippen LogP contribution in [0.4, 0.5) is 13.2 Å². The Labute approximate surface area is 70.6 Å². The summed E-state index contributed by atoms with van der Waals surface area (Å²) in [5.41, 5.74) is -1.12. The van der Waals surface area contributed by atoms with Crippen molar-refractivity contribution in [1.82, 2.24) is 4.98 Å². The minimum Gasteiger partial charge on any atom is -0.505 e. The zero-order chi connectivity index (χ0) is 9.35.